The summed E-state index contributed by atoms with van der Waals surface area (Å²) in [5, 5.41) is 44.1. The molecule has 0 spiro atoms. The highest BCUT2D eigenvalue weighted by atomic mass is 28.4. The maximum Gasteiger partial charge on any atom is 0.334 e. The third kappa shape index (κ3) is 28.1. The zero-order chi connectivity index (χ0) is 44.7. The van der Waals surface area contributed by atoms with Gasteiger partial charge in [0.2, 0.25) is 0 Å². The van der Waals surface area contributed by atoms with Gasteiger partial charge in [0.25, 0.3) is 0 Å². The van der Waals surface area contributed by atoms with E-state index in [-0.39, 0.29) is 18.7 Å². The van der Waals surface area contributed by atoms with E-state index in [1.54, 1.807) is 0 Å². The van der Waals surface area contributed by atoms with Gasteiger partial charge in [0, 0.05) is 53.1 Å². The Labute approximate surface area is 371 Å². The molecule has 5 atom stereocenters. The van der Waals surface area contributed by atoms with Crippen molar-refractivity contribution < 1.29 is 37.8 Å². The molecular weight excluding hydrogens is 807 g/mol. The van der Waals surface area contributed by atoms with Crippen LogP contribution in [0.2, 0.25) is 50.9 Å². The molecule has 0 aromatic heterocycles. The molecule has 1 aromatic carbocycles. The smallest absolute Gasteiger partial charge is 0.334 e. The van der Waals surface area contributed by atoms with Crippen LogP contribution >= 0.6 is 0 Å². The van der Waals surface area contributed by atoms with Crippen molar-refractivity contribution in [1.82, 2.24) is 16.0 Å². The number of aryl methyl sites for hydroxylation is 1. The first-order chi connectivity index (χ1) is 28.6. The van der Waals surface area contributed by atoms with Crippen molar-refractivity contribution in [2.24, 2.45) is 0 Å². The van der Waals surface area contributed by atoms with Crippen molar-refractivity contribution in [2.45, 2.75) is 199 Å². The molecule has 0 aliphatic carbocycles. The van der Waals surface area contributed by atoms with Crippen molar-refractivity contribution in [3.63, 3.8) is 0 Å². The highest BCUT2D eigenvalue weighted by Gasteiger charge is 2.32. The van der Waals surface area contributed by atoms with E-state index in [0.717, 1.165) is 108 Å². The predicted molar refractivity (Wildman–Crippen MR) is 259 cm³/mol. The van der Waals surface area contributed by atoms with Crippen molar-refractivity contribution in [2.75, 3.05) is 59.2 Å². The lowest BCUT2D eigenvalue weighted by molar-refractivity contribution is 0.0553. The summed E-state index contributed by atoms with van der Waals surface area (Å²) in [4.78, 5) is 0. The number of nitrogens with one attached hydrogen (secondary N) is 3. The number of hydrogen-bond donors (Lipinski definition) is 6. The SMILES string of the molecule is CCCC(O)C(CC(O)C(CCCCCCCc1cccc(OCC(O)CNCCC[Si](C)(C)C)c1)NCCC[Si](C)(OCC)OCC)NCCC[Si](C)(OCC)OCC. The average Bonchev–Trinajstić information content (AvgIpc) is 3.18. The Morgan fingerprint density at radius 2 is 1.15 bits per heavy atom. The van der Waals surface area contributed by atoms with Crippen LogP contribution in [0.15, 0.2) is 24.3 Å². The summed E-state index contributed by atoms with van der Waals surface area (Å²) in [6, 6.07) is 11.1. The standard InChI is InChI=1S/C46H95N3O8Si3/c1-11-25-45(51)44(49-32-24-35-60(10,56-14-4)57-15-5)37-46(52)43(48-31-23-34-59(9,54-12-2)55-13-3)29-20-18-16-17-19-26-40-27-21-28-42(36-40)53-39-41(50)38-47-30-22-33-58(6,7)8/h21,27-28,36,41,43-52H,11-20,22-26,29-35,37-39H2,1-10H3. The lowest BCUT2D eigenvalue weighted by Crippen LogP contribution is -2.48. The molecule has 0 heterocycles. The van der Waals surface area contributed by atoms with E-state index in [9.17, 15) is 15.3 Å². The Kier molecular flexibility index (Phi) is 32.2. The Morgan fingerprint density at radius 3 is 1.72 bits per heavy atom. The van der Waals surface area contributed by atoms with E-state index in [2.05, 4.69) is 67.7 Å². The van der Waals surface area contributed by atoms with Gasteiger partial charge in [0.1, 0.15) is 18.5 Å². The second-order valence-electron chi connectivity index (χ2n) is 18.3. The van der Waals surface area contributed by atoms with Crippen molar-refractivity contribution in [3.05, 3.63) is 29.8 Å². The van der Waals surface area contributed by atoms with Crippen LogP contribution in [0, 0.1) is 0 Å². The number of benzene rings is 1. The van der Waals surface area contributed by atoms with Crippen LogP contribution in [0.5, 0.6) is 5.75 Å². The quantitative estimate of drug-likeness (QED) is 0.0278. The maximum absolute atomic E-state index is 11.8. The van der Waals surface area contributed by atoms with Gasteiger partial charge in [0.05, 0.1) is 12.2 Å². The summed E-state index contributed by atoms with van der Waals surface area (Å²) in [7, 11) is -5.44. The summed E-state index contributed by atoms with van der Waals surface area (Å²) >= 11 is 0. The number of ether oxygens (including phenoxy) is 1. The van der Waals surface area contributed by atoms with Gasteiger partial charge in [-0.3, -0.25) is 0 Å². The van der Waals surface area contributed by atoms with E-state index in [0.29, 0.717) is 45.8 Å². The van der Waals surface area contributed by atoms with E-state index < -0.39 is 43.5 Å². The molecule has 354 valence electrons. The highest BCUT2D eigenvalue weighted by molar-refractivity contribution is 6.76. The number of aliphatic hydroxyl groups is 3. The van der Waals surface area contributed by atoms with Gasteiger partial charge in [-0.1, -0.05) is 76.8 Å². The summed E-state index contributed by atoms with van der Waals surface area (Å²) in [6.07, 6.45) is 10.9. The normalized spacial score (nSPS) is 15.2. The average molecular weight is 903 g/mol. The molecule has 0 fully saturated rings. The van der Waals surface area contributed by atoms with Crippen LogP contribution in [0.1, 0.15) is 117 Å². The van der Waals surface area contributed by atoms with Gasteiger partial charge >= 0.3 is 17.1 Å². The molecule has 6 N–H and O–H groups in total. The largest absolute Gasteiger partial charge is 0.491 e. The molecule has 11 nitrogen and oxygen atoms in total. The van der Waals surface area contributed by atoms with Gasteiger partial charge in [-0.15, -0.1) is 0 Å². The lowest BCUT2D eigenvalue weighted by atomic mass is 9.93. The Balaban J connectivity index is 2.71. The molecule has 0 amide bonds. The minimum atomic E-state index is -2.21. The third-order valence-electron chi connectivity index (χ3n) is 11.2. The molecule has 1 aromatic rings. The monoisotopic (exact) mass is 902 g/mol. The minimum absolute atomic E-state index is 0.0612. The fourth-order valence-electron chi connectivity index (χ4n) is 7.99. The summed E-state index contributed by atoms with van der Waals surface area (Å²) in [5.74, 6) is 0.817. The number of unbranched alkanes of at least 4 members (excludes halogenated alkanes) is 4. The second-order valence-corrected chi connectivity index (χ2v) is 30.6. The molecular formula is C46H95N3O8Si3. The zero-order valence-corrected chi connectivity index (χ0v) is 43.3. The molecule has 5 unspecified atom stereocenters. The van der Waals surface area contributed by atoms with Crippen LogP contribution in [0.3, 0.4) is 0 Å². The van der Waals surface area contributed by atoms with Crippen LogP contribution in [0.4, 0.5) is 0 Å². The van der Waals surface area contributed by atoms with Gasteiger partial charge < -0.3 is 53.7 Å². The molecule has 0 saturated carbocycles. The topological polar surface area (TPSA) is 143 Å². The fourth-order valence-corrected chi connectivity index (χ4v) is 14.1. The van der Waals surface area contributed by atoms with E-state index in [1.807, 2.05) is 39.8 Å². The third-order valence-corrected chi connectivity index (χ3v) is 19.2. The molecule has 14 heteroatoms. The number of hydrogen-bond acceptors (Lipinski definition) is 11. The number of rotatable bonds is 41. The molecule has 0 bridgehead atoms. The van der Waals surface area contributed by atoms with Crippen molar-refractivity contribution in [1.29, 1.82) is 0 Å². The summed E-state index contributed by atoms with van der Waals surface area (Å²) in [6.45, 7) is 27.6. The van der Waals surface area contributed by atoms with Crippen LogP contribution in [0.25, 0.3) is 0 Å². The molecule has 0 aliphatic heterocycles. The first kappa shape index (κ1) is 57.3. The first-order valence-corrected chi connectivity index (χ1v) is 32.9. The molecule has 1 rings (SSSR count). The van der Waals surface area contributed by atoms with Crippen LogP contribution in [-0.4, -0.2) is 130 Å². The number of aliphatic hydroxyl groups excluding tert-OH is 3. The van der Waals surface area contributed by atoms with Crippen molar-refractivity contribution >= 4 is 25.2 Å². The second kappa shape index (κ2) is 33.7. The van der Waals surface area contributed by atoms with Crippen LogP contribution < -0.4 is 20.7 Å². The highest BCUT2D eigenvalue weighted by Crippen LogP contribution is 2.21. The van der Waals surface area contributed by atoms with Crippen LogP contribution in [-0.2, 0) is 24.1 Å². The van der Waals surface area contributed by atoms with E-state index >= 15 is 0 Å². The van der Waals surface area contributed by atoms with Gasteiger partial charge in [-0.2, -0.15) is 0 Å². The molecule has 0 saturated heterocycles. The zero-order valence-electron chi connectivity index (χ0n) is 40.3. The Hall–Kier alpha value is -0.729. The Bertz CT molecular complexity index is 1160. The molecule has 60 heavy (non-hydrogen) atoms. The van der Waals surface area contributed by atoms with E-state index in [1.165, 1.54) is 11.6 Å². The summed E-state index contributed by atoms with van der Waals surface area (Å²) < 4.78 is 30.2. The van der Waals surface area contributed by atoms with Crippen molar-refractivity contribution in [3.8, 4) is 5.75 Å². The fraction of sp³-hybridized carbons (Fsp3) is 0.870. The Morgan fingerprint density at radius 1 is 0.600 bits per heavy atom. The maximum atomic E-state index is 11.8. The molecule has 0 radical (unpaired) electrons. The van der Waals surface area contributed by atoms with Gasteiger partial charge in [-0.05, 0) is 142 Å². The predicted octanol–water partition coefficient (Wildman–Crippen LogP) is 8.53. The summed E-state index contributed by atoms with van der Waals surface area (Å²) in [5.41, 5.74) is 1.26. The lowest BCUT2D eigenvalue weighted by Gasteiger charge is -2.32. The minimum Gasteiger partial charge on any atom is -0.491 e. The van der Waals surface area contributed by atoms with Gasteiger partial charge in [-0.25, -0.2) is 0 Å². The van der Waals surface area contributed by atoms with Gasteiger partial charge in [0.15, 0.2) is 0 Å². The van der Waals surface area contributed by atoms with E-state index in [4.69, 9.17) is 22.4 Å². The first-order valence-electron chi connectivity index (χ1n) is 24.1. The molecule has 0 aliphatic rings.